The van der Waals surface area contributed by atoms with E-state index in [4.69, 9.17) is 21.1 Å². The van der Waals surface area contributed by atoms with Crippen molar-refractivity contribution in [3.05, 3.63) is 53.1 Å². The Hall–Kier alpha value is -2.91. The summed E-state index contributed by atoms with van der Waals surface area (Å²) in [7, 11) is 1.23. The molecule has 0 unspecified atom stereocenters. The Bertz CT molecular complexity index is 975. The number of hydrogen-bond acceptors (Lipinski definition) is 6. The molecule has 1 aliphatic rings. The fourth-order valence-corrected chi connectivity index (χ4v) is 3.67. The van der Waals surface area contributed by atoms with Gasteiger partial charge in [-0.3, -0.25) is 4.79 Å². The SMILES string of the molecule is COC(=O)c1cc(N2CCN[C@@H](C)C2)ccc1NC(=O)[C@H](CC(F)F)Oc1ccc(Cl)cc1. The van der Waals surface area contributed by atoms with E-state index in [2.05, 4.69) is 22.5 Å². The minimum absolute atomic E-state index is 0.122. The van der Waals surface area contributed by atoms with E-state index in [0.29, 0.717) is 5.02 Å². The van der Waals surface area contributed by atoms with Crippen LogP contribution in [0.3, 0.4) is 0 Å². The molecule has 1 fully saturated rings. The zero-order chi connectivity index (χ0) is 24.0. The summed E-state index contributed by atoms with van der Waals surface area (Å²) in [6, 6.07) is 11.3. The number of carbonyl (C=O) groups excluding carboxylic acids is 2. The number of anilines is 2. The van der Waals surface area contributed by atoms with Crippen molar-refractivity contribution in [1.29, 1.82) is 0 Å². The van der Waals surface area contributed by atoms with E-state index in [9.17, 15) is 18.4 Å². The number of piperazine rings is 1. The van der Waals surface area contributed by atoms with E-state index < -0.39 is 30.8 Å². The molecule has 0 radical (unpaired) electrons. The standard InChI is InChI=1S/C23H26ClF2N3O4/c1-14-13-29(10-9-27-14)16-5-8-19(18(11-16)23(31)32-2)28-22(30)20(12-21(25)26)33-17-6-3-15(24)4-7-17/h3-8,11,14,20-21,27H,9-10,12-13H2,1-2H3,(H,28,30)/t14-,20-/m0/s1. The summed E-state index contributed by atoms with van der Waals surface area (Å²) in [5.74, 6) is -1.24. The first kappa shape index (κ1) is 24.7. The zero-order valence-electron chi connectivity index (χ0n) is 18.3. The minimum Gasteiger partial charge on any atom is -0.480 e. The van der Waals surface area contributed by atoms with Gasteiger partial charge in [0.05, 0.1) is 24.8 Å². The van der Waals surface area contributed by atoms with Gasteiger partial charge < -0.3 is 25.0 Å². The number of hydrogen-bond donors (Lipinski definition) is 2. The van der Waals surface area contributed by atoms with Crippen molar-refractivity contribution in [2.75, 3.05) is 37.0 Å². The van der Waals surface area contributed by atoms with Crippen LogP contribution >= 0.6 is 11.6 Å². The molecule has 178 valence electrons. The second kappa shape index (κ2) is 11.3. The number of rotatable bonds is 8. The molecular weight excluding hydrogens is 456 g/mol. The van der Waals surface area contributed by atoms with Crippen LogP contribution in [0, 0.1) is 0 Å². The maximum Gasteiger partial charge on any atom is 0.340 e. The molecule has 2 atom stereocenters. The average Bonchev–Trinajstić information content (AvgIpc) is 2.79. The third kappa shape index (κ3) is 6.79. The van der Waals surface area contributed by atoms with Gasteiger partial charge in [-0.2, -0.15) is 0 Å². The van der Waals surface area contributed by atoms with Gasteiger partial charge in [0.25, 0.3) is 5.91 Å². The molecule has 0 saturated carbocycles. The van der Waals surface area contributed by atoms with Gasteiger partial charge in [-0.25, -0.2) is 13.6 Å². The number of ether oxygens (including phenoxy) is 2. The van der Waals surface area contributed by atoms with Crippen molar-refractivity contribution in [2.45, 2.75) is 31.9 Å². The largest absolute Gasteiger partial charge is 0.480 e. The van der Waals surface area contributed by atoms with Gasteiger partial charge in [0.1, 0.15) is 5.75 Å². The van der Waals surface area contributed by atoms with Crippen LogP contribution in [0.4, 0.5) is 20.2 Å². The quantitative estimate of drug-likeness (QED) is 0.555. The zero-order valence-corrected chi connectivity index (χ0v) is 19.1. The summed E-state index contributed by atoms with van der Waals surface area (Å²) in [4.78, 5) is 27.4. The van der Waals surface area contributed by atoms with Gasteiger partial charge in [0, 0.05) is 36.4 Å². The molecule has 0 aromatic heterocycles. The summed E-state index contributed by atoms with van der Waals surface area (Å²) >= 11 is 5.83. The lowest BCUT2D eigenvalue weighted by atomic mass is 10.1. The molecule has 0 aliphatic carbocycles. The van der Waals surface area contributed by atoms with Crippen molar-refractivity contribution in [3.8, 4) is 5.75 Å². The molecule has 10 heteroatoms. The van der Waals surface area contributed by atoms with E-state index in [1.807, 2.05) is 0 Å². The number of halogens is 3. The van der Waals surface area contributed by atoms with Crippen LogP contribution in [0.2, 0.25) is 5.02 Å². The highest BCUT2D eigenvalue weighted by Crippen LogP contribution is 2.26. The average molecular weight is 482 g/mol. The van der Waals surface area contributed by atoms with Crippen LogP contribution in [-0.2, 0) is 9.53 Å². The second-order valence-corrected chi connectivity index (χ2v) is 8.14. The van der Waals surface area contributed by atoms with Gasteiger partial charge in [-0.05, 0) is 49.4 Å². The van der Waals surface area contributed by atoms with Crippen molar-refractivity contribution in [3.63, 3.8) is 0 Å². The molecule has 1 aliphatic heterocycles. The van der Waals surface area contributed by atoms with Crippen LogP contribution in [0.1, 0.15) is 23.7 Å². The number of methoxy groups -OCH3 is 1. The summed E-state index contributed by atoms with van der Waals surface area (Å²) in [6.45, 7) is 4.36. The number of benzene rings is 2. The summed E-state index contributed by atoms with van der Waals surface area (Å²) in [6.07, 6.45) is -5.07. The van der Waals surface area contributed by atoms with Crippen LogP contribution in [-0.4, -0.2) is 57.2 Å². The van der Waals surface area contributed by atoms with E-state index in [1.54, 1.807) is 18.2 Å². The lowest BCUT2D eigenvalue weighted by Crippen LogP contribution is -2.49. The summed E-state index contributed by atoms with van der Waals surface area (Å²) < 4.78 is 36.6. The number of nitrogens with zero attached hydrogens (tertiary/aromatic N) is 1. The lowest BCUT2D eigenvalue weighted by Gasteiger charge is -2.34. The number of amides is 1. The second-order valence-electron chi connectivity index (χ2n) is 7.70. The molecule has 0 bridgehead atoms. The fourth-order valence-electron chi connectivity index (χ4n) is 3.54. The smallest absolute Gasteiger partial charge is 0.340 e. The minimum atomic E-state index is -2.77. The number of esters is 1. The molecule has 1 heterocycles. The Morgan fingerprint density at radius 3 is 2.61 bits per heavy atom. The maximum absolute atomic E-state index is 13.1. The molecule has 7 nitrogen and oxygen atoms in total. The molecule has 2 N–H and O–H groups in total. The number of carbonyl (C=O) groups is 2. The highest BCUT2D eigenvalue weighted by atomic mass is 35.5. The predicted octanol–water partition coefficient (Wildman–Crippen LogP) is 3.97. The van der Waals surface area contributed by atoms with Gasteiger partial charge in [-0.1, -0.05) is 11.6 Å². The van der Waals surface area contributed by atoms with Gasteiger partial charge in [-0.15, -0.1) is 0 Å². The Kier molecular flexibility index (Phi) is 8.46. The molecule has 2 aromatic rings. The van der Waals surface area contributed by atoms with Crippen LogP contribution in [0.25, 0.3) is 0 Å². The molecule has 0 spiro atoms. The Labute approximate surface area is 196 Å². The normalized spacial score (nSPS) is 16.9. The first-order chi connectivity index (χ1) is 15.8. The Balaban J connectivity index is 1.82. The van der Waals surface area contributed by atoms with E-state index in [1.165, 1.54) is 31.4 Å². The van der Waals surface area contributed by atoms with Crippen LogP contribution in [0.5, 0.6) is 5.75 Å². The predicted molar refractivity (Wildman–Crippen MR) is 123 cm³/mol. The molecule has 33 heavy (non-hydrogen) atoms. The number of nitrogens with one attached hydrogen (secondary N) is 2. The van der Waals surface area contributed by atoms with Crippen molar-refractivity contribution < 1.29 is 27.8 Å². The number of alkyl halides is 2. The van der Waals surface area contributed by atoms with Gasteiger partial charge in [0.15, 0.2) is 6.10 Å². The highest BCUT2D eigenvalue weighted by Gasteiger charge is 2.27. The maximum atomic E-state index is 13.1. The monoisotopic (exact) mass is 481 g/mol. The fraction of sp³-hybridized carbons (Fsp3) is 0.391. The summed E-state index contributed by atoms with van der Waals surface area (Å²) in [5, 5.41) is 6.34. The lowest BCUT2D eigenvalue weighted by molar-refractivity contribution is -0.124. The van der Waals surface area contributed by atoms with Crippen LogP contribution in [0.15, 0.2) is 42.5 Å². The van der Waals surface area contributed by atoms with E-state index in [0.717, 1.165) is 25.3 Å². The van der Waals surface area contributed by atoms with Crippen molar-refractivity contribution in [1.82, 2.24) is 5.32 Å². The van der Waals surface area contributed by atoms with Gasteiger partial charge >= 0.3 is 5.97 Å². The summed E-state index contributed by atoms with van der Waals surface area (Å²) in [5.41, 5.74) is 1.07. The molecule has 1 saturated heterocycles. The topological polar surface area (TPSA) is 79.9 Å². The highest BCUT2D eigenvalue weighted by molar-refractivity contribution is 6.30. The third-order valence-electron chi connectivity index (χ3n) is 5.18. The molecule has 2 aromatic carbocycles. The van der Waals surface area contributed by atoms with Crippen LogP contribution < -0.4 is 20.3 Å². The Morgan fingerprint density at radius 1 is 1.24 bits per heavy atom. The van der Waals surface area contributed by atoms with E-state index >= 15 is 0 Å². The van der Waals surface area contributed by atoms with Crippen molar-refractivity contribution in [2.24, 2.45) is 0 Å². The molecule has 3 rings (SSSR count). The first-order valence-electron chi connectivity index (χ1n) is 10.5. The molecule has 1 amide bonds. The third-order valence-corrected chi connectivity index (χ3v) is 5.43. The molecular formula is C23H26ClF2N3O4. The van der Waals surface area contributed by atoms with Gasteiger partial charge in [0.2, 0.25) is 6.43 Å². The Morgan fingerprint density at radius 2 is 1.97 bits per heavy atom. The van der Waals surface area contributed by atoms with E-state index in [-0.39, 0.29) is 23.0 Å². The first-order valence-corrected chi connectivity index (χ1v) is 10.9. The van der Waals surface area contributed by atoms with Crippen molar-refractivity contribution >= 4 is 34.9 Å².